The van der Waals surface area contributed by atoms with E-state index < -0.39 is 0 Å². The number of likely N-dealkylation sites (N-methyl/N-ethyl adjacent to an activating group) is 1. The number of hydrogen-bond donors (Lipinski definition) is 2. The van der Waals surface area contributed by atoms with Gasteiger partial charge in [-0.1, -0.05) is 6.92 Å². The van der Waals surface area contributed by atoms with Gasteiger partial charge < -0.3 is 29.3 Å². The Hall–Kier alpha value is -4.06. The smallest absolute Gasteiger partial charge is 0.223 e. The first-order chi connectivity index (χ1) is 23.4. The van der Waals surface area contributed by atoms with Crippen LogP contribution in [0.1, 0.15) is 68.0 Å². The van der Waals surface area contributed by atoms with Gasteiger partial charge in [-0.3, -0.25) is 19.6 Å². The maximum Gasteiger partial charge on any atom is 0.223 e. The Morgan fingerprint density at radius 2 is 1.81 bits per heavy atom. The van der Waals surface area contributed by atoms with Gasteiger partial charge in [0.2, 0.25) is 17.6 Å². The van der Waals surface area contributed by atoms with Crippen molar-refractivity contribution >= 4 is 28.5 Å². The third-order valence-electron chi connectivity index (χ3n) is 10.3. The van der Waals surface area contributed by atoms with Crippen LogP contribution in [-0.4, -0.2) is 104 Å². The molecule has 2 amide bonds. The molecule has 2 aromatic heterocycles. The molecule has 2 aliphatic heterocycles. The minimum atomic E-state index is -0.00818. The average Bonchev–Trinajstić information content (AvgIpc) is 3.53. The predicted octanol–water partition coefficient (Wildman–Crippen LogP) is 3.88. The van der Waals surface area contributed by atoms with Crippen molar-refractivity contribution in [2.24, 2.45) is 5.92 Å². The monoisotopic (exact) mass is 661 g/mol. The number of hydrogen-bond acceptors (Lipinski definition) is 9. The Balaban J connectivity index is 1.29. The van der Waals surface area contributed by atoms with Gasteiger partial charge in [0.1, 0.15) is 5.82 Å². The molecule has 2 N–H and O–H groups in total. The highest BCUT2D eigenvalue weighted by molar-refractivity contribution is 5.92. The molecule has 1 aliphatic carbocycles. The van der Waals surface area contributed by atoms with Crippen LogP contribution >= 0.6 is 0 Å². The summed E-state index contributed by atoms with van der Waals surface area (Å²) in [7, 11) is 4.87. The van der Waals surface area contributed by atoms with Gasteiger partial charge in [0.25, 0.3) is 0 Å². The zero-order valence-corrected chi connectivity index (χ0v) is 29.0. The molecular formula is C36H51N7O5. The van der Waals surface area contributed by atoms with Crippen LogP contribution in [0.4, 0.5) is 5.82 Å². The molecule has 1 saturated heterocycles. The Labute approximate surface area is 283 Å². The summed E-state index contributed by atoms with van der Waals surface area (Å²) in [5, 5.41) is 11.8. The number of anilines is 1. The molecule has 12 nitrogen and oxygen atoms in total. The molecule has 0 radical (unpaired) electrons. The number of carbonyl (C=O) groups excluding carboxylic acids is 2. The Morgan fingerprint density at radius 3 is 2.60 bits per heavy atom. The van der Waals surface area contributed by atoms with Crippen LogP contribution in [-0.2, 0) is 35.4 Å². The van der Waals surface area contributed by atoms with Crippen molar-refractivity contribution in [3.8, 4) is 17.2 Å². The summed E-state index contributed by atoms with van der Waals surface area (Å²) in [6.45, 7) is 7.53. The number of carbonyl (C=O) groups is 2. The number of aromatic nitrogens is 3. The quantitative estimate of drug-likeness (QED) is 0.388. The number of methoxy groups -OCH3 is 3. The molecule has 3 aromatic rings. The SMILES string of the molecule is CCN1CCN(C(=O)CCc2n[nH]c3c2CCCC3)CCC(=O)NCC2CCCN(C2)c2nc3cc(OC)c(OC)c(OC)c3cc2C1. The molecule has 48 heavy (non-hydrogen) atoms. The van der Waals surface area contributed by atoms with Crippen LogP contribution in [0.2, 0.25) is 0 Å². The molecule has 1 fully saturated rings. The molecule has 0 spiro atoms. The van der Waals surface area contributed by atoms with Crippen molar-refractivity contribution in [1.29, 1.82) is 0 Å². The molecule has 1 atom stereocenters. The standard InChI is InChI=1S/C36H51N7O5/c1-5-41-17-18-42(33(45)13-12-29-26-10-6-7-11-28(26)39-40-29)16-14-32(44)37-21-24-9-8-15-43(22-24)36-25(23-41)19-27-30(38-36)20-31(46-2)35(48-4)34(27)47-3/h19-20,24H,5-18,21-23H2,1-4H3,(H,37,44)(H,39,40). The van der Waals surface area contributed by atoms with Gasteiger partial charge in [0.15, 0.2) is 11.5 Å². The van der Waals surface area contributed by atoms with E-state index in [-0.39, 0.29) is 11.8 Å². The summed E-state index contributed by atoms with van der Waals surface area (Å²) in [4.78, 5) is 38.6. The lowest BCUT2D eigenvalue weighted by Crippen LogP contribution is -2.42. The number of H-pyrrole nitrogens is 1. The maximum absolute atomic E-state index is 13.7. The molecular weight excluding hydrogens is 610 g/mol. The van der Waals surface area contributed by atoms with E-state index in [9.17, 15) is 9.59 Å². The number of piperidine rings is 1. The fraction of sp³-hybridized carbons (Fsp3) is 0.611. The average molecular weight is 662 g/mol. The first-order valence-corrected chi connectivity index (χ1v) is 17.6. The highest BCUT2D eigenvalue weighted by atomic mass is 16.5. The zero-order chi connectivity index (χ0) is 33.6. The fourth-order valence-electron chi connectivity index (χ4n) is 7.57. The second-order valence-electron chi connectivity index (χ2n) is 13.3. The summed E-state index contributed by atoms with van der Waals surface area (Å²) >= 11 is 0. The number of fused-ring (bicyclic) bond motifs is 6. The van der Waals surface area contributed by atoms with E-state index in [1.807, 2.05) is 11.0 Å². The normalized spacial score (nSPS) is 19.5. The summed E-state index contributed by atoms with van der Waals surface area (Å²) in [6.07, 6.45) is 7.77. The van der Waals surface area contributed by atoms with Crippen LogP contribution in [0, 0.1) is 5.92 Å². The highest BCUT2D eigenvalue weighted by Gasteiger charge is 2.27. The van der Waals surface area contributed by atoms with Gasteiger partial charge in [0.05, 0.1) is 32.5 Å². The van der Waals surface area contributed by atoms with Crippen LogP contribution in [0.3, 0.4) is 0 Å². The molecule has 1 unspecified atom stereocenters. The van der Waals surface area contributed by atoms with E-state index in [2.05, 4.69) is 38.3 Å². The number of aromatic amines is 1. The lowest BCUT2D eigenvalue weighted by Gasteiger charge is -2.35. The largest absolute Gasteiger partial charge is 0.493 e. The second kappa shape index (κ2) is 15.4. The predicted molar refractivity (Wildman–Crippen MR) is 185 cm³/mol. The van der Waals surface area contributed by atoms with Crippen LogP contribution < -0.4 is 24.4 Å². The lowest BCUT2D eigenvalue weighted by atomic mass is 9.94. The van der Waals surface area contributed by atoms with E-state index in [1.165, 1.54) is 24.1 Å². The number of nitrogens with one attached hydrogen (secondary N) is 2. The minimum Gasteiger partial charge on any atom is -0.493 e. The molecule has 0 saturated carbocycles. The second-order valence-corrected chi connectivity index (χ2v) is 13.3. The molecule has 260 valence electrons. The van der Waals surface area contributed by atoms with Gasteiger partial charge >= 0.3 is 0 Å². The number of amides is 2. The van der Waals surface area contributed by atoms with E-state index in [4.69, 9.17) is 19.2 Å². The Kier molecular flexibility index (Phi) is 10.9. The summed E-state index contributed by atoms with van der Waals surface area (Å²) in [5.74, 6) is 3.00. The van der Waals surface area contributed by atoms with Crippen molar-refractivity contribution in [2.45, 2.75) is 71.3 Å². The van der Waals surface area contributed by atoms with Gasteiger partial charge in [0, 0.05) is 87.8 Å². The van der Waals surface area contributed by atoms with E-state index in [0.717, 1.165) is 73.3 Å². The van der Waals surface area contributed by atoms with E-state index in [1.54, 1.807) is 21.3 Å². The maximum atomic E-state index is 13.7. The van der Waals surface area contributed by atoms with E-state index in [0.29, 0.717) is 75.2 Å². The Bertz CT molecular complexity index is 1610. The first-order valence-electron chi connectivity index (χ1n) is 17.6. The molecule has 4 heterocycles. The lowest BCUT2D eigenvalue weighted by molar-refractivity contribution is -0.132. The number of benzene rings is 1. The Morgan fingerprint density at radius 1 is 0.979 bits per heavy atom. The fourth-order valence-corrected chi connectivity index (χ4v) is 7.57. The van der Waals surface area contributed by atoms with Crippen LogP contribution in [0.15, 0.2) is 12.1 Å². The molecule has 12 heteroatoms. The van der Waals surface area contributed by atoms with E-state index >= 15 is 0 Å². The number of aryl methyl sites for hydroxylation is 2. The summed E-state index contributed by atoms with van der Waals surface area (Å²) in [5.41, 5.74) is 5.42. The number of rotatable bonds is 7. The highest BCUT2D eigenvalue weighted by Crippen LogP contribution is 2.44. The topological polar surface area (TPSA) is 125 Å². The molecule has 6 rings (SSSR count). The van der Waals surface area contributed by atoms with Crippen molar-refractivity contribution in [2.75, 3.05) is 72.0 Å². The van der Waals surface area contributed by atoms with Crippen LogP contribution in [0.5, 0.6) is 17.2 Å². The summed E-state index contributed by atoms with van der Waals surface area (Å²) < 4.78 is 17.2. The third-order valence-corrected chi connectivity index (χ3v) is 10.3. The molecule has 3 aliphatic rings. The van der Waals surface area contributed by atoms with Gasteiger partial charge in [-0.25, -0.2) is 4.98 Å². The number of nitrogens with zero attached hydrogens (tertiary/aromatic N) is 5. The van der Waals surface area contributed by atoms with Gasteiger partial charge in [-0.05, 0) is 62.6 Å². The zero-order valence-electron chi connectivity index (χ0n) is 29.0. The molecule has 1 aromatic carbocycles. The van der Waals surface area contributed by atoms with Crippen LogP contribution in [0.25, 0.3) is 10.9 Å². The minimum absolute atomic E-state index is 0.00818. The first kappa shape index (κ1) is 33.8. The van der Waals surface area contributed by atoms with Crippen molar-refractivity contribution in [3.05, 3.63) is 34.6 Å². The van der Waals surface area contributed by atoms with Crippen molar-refractivity contribution < 1.29 is 23.8 Å². The van der Waals surface area contributed by atoms with Gasteiger partial charge in [-0.15, -0.1) is 0 Å². The molecule has 2 bridgehead atoms. The van der Waals surface area contributed by atoms with Crippen molar-refractivity contribution in [1.82, 2.24) is 30.3 Å². The van der Waals surface area contributed by atoms with Gasteiger partial charge in [-0.2, -0.15) is 5.10 Å². The van der Waals surface area contributed by atoms with Crippen molar-refractivity contribution in [3.63, 3.8) is 0 Å². The summed E-state index contributed by atoms with van der Waals surface area (Å²) in [6, 6.07) is 4.09. The number of ether oxygens (including phenoxy) is 3. The number of pyridine rings is 1. The third kappa shape index (κ3) is 7.33.